The minimum atomic E-state index is 0. The lowest BCUT2D eigenvalue weighted by molar-refractivity contribution is -0.120. The van der Waals surface area contributed by atoms with Crippen LogP contribution >= 0.6 is 35.7 Å². The number of carbonyl (C=O) groups is 1. The maximum atomic E-state index is 11.6. The third-order valence-electron chi connectivity index (χ3n) is 3.23. The summed E-state index contributed by atoms with van der Waals surface area (Å²) in [5.74, 6) is 2.15. The monoisotopic (exact) mass is 442 g/mol. The van der Waals surface area contributed by atoms with Crippen LogP contribution in [0, 0.1) is 0 Å². The van der Waals surface area contributed by atoms with Gasteiger partial charge in [0.2, 0.25) is 5.91 Å². The molecule has 1 fully saturated rings. The number of halogens is 1. The lowest BCUT2D eigenvalue weighted by Crippen LogP contribution is -2.51. The number of hydrogen-bond acceptors (Lipinski definition) is 3. The number of amides is 1. The number of nitrogens with one attached hydrogen (secondary N) is 2. The Morgan fingerprint density at radius 3 is 2.64 bits per heavy atom. The predicted molar refractivity (Wildman–Crippen MR) is 107 cm³/mol. The molecule has 1 amide bonds. The van der Waals surface area contributed by atoms with Crippen LogP contribution in [0.1, 0.15) is 40.5 Å². The second-order valence-electron chi connectivity index (χ2n) is 5.87. The van der Waals surface area contributed by atoms with Gasteiger partial charge in [-0.15, -0.1) is 24.0 Å². The molecule has 0 aliphatic carbocycles. The van der Waals surface area contributed by atoms with Crippen molar-refractivity contribution < 1.29 is 4.79 Å². The van der Waals surface area contributed by atoms with Gasteiger partial charge in [-0.2, -0.15) is 11.8 Å². The molecular formula is C15H31IN4OS. The van der Waals surface area contributed by atoms with E-state index in [0.29, 0.717) is 13.0 Å². The lowest BCUT2D eigenvalue weighted by atomic mass is 10.2. The number of rotatable bonds is 6. The first kappa shape index (κ1) is 21.8. The van der Waals surface area contributed by atoms with Crippen LogP contribution in [0.2, 0.25) is 0 Å². The molecule has 1 heterocycles. The molecule has 0 aromatic carbocycles. The predicted octanol–water partition coefficient (Wildman–Crippen LogP) is 2.31. The number of carbonyl (C=O) groups excluding carboxylic acids is 1. The van der Waals surface area contributed by atoms with Gasteiger partial charge in [0.05, 0.1) is 6.54 Å². The van der Waals surface area contributed by atoms with E-state index < -0.39 is 0 Å². The van der Waals surface area contributed by atoms with Gasteiger partial charge in [0.1, 0.15) is 0 Å². The molecule has 2 N–H and O–H groups in total. The van der Waals surface area contributed by atoms with Gasteiger partial charge >= 0.3 is 0 Å². The Labute approximate surface area is 156 Å². The molecule has 0 radical (unpaired) electrons. The number of hydrogen-bond donors (Lipinski definition) is 2. The molecule has 1 aliphatic rings. The molecule has 0 aromatic rings. The molecule has 1 aliphatic heterocycles. The van der Waals surface area contributed by atoms with E-state index in [4.69, 9.17) is 0 Å². The van der Waals surface area contributed by atoms with E-state index in [1.807, 2.05) is 11.8 Å². The van der Waals surface area contributed by atoms with Gasteiger partial charge in [-0.05, 0) is 27.2 Å². The molecule has 0 unspecified atom stereocenters. The summed E-state index contributed by atoms with van der Waals surface area (Å²) in [5.41, 5.74) is 0. The van der Waals surface area contributed by atoms with Crippen molar-refractivity contribution >= 4 is 47.6 Å². The van der Waals surface area contributed by atoms with Crippen molar-refractivity contribution in [2.45, 2.75) is 45.3 Å². The molecule has 0 spiro atoms. The van der Waals surface area contributed by atoms with Crippen molar-refractivity contribution in [3.63, 3.8) is 0 Å². The fourth-order valence-electron chi connectivity index (χ4n) is 2.24. The first-order valence-corrected chi connectivity index (χ1v) is 8.91. The van der Waals surface area contributed by atoms with Crippen molar-refractivity contribution in [1.82, 2.24) is 15.5 Å². The standard InChI is InChI=1S/C15H30N4OS.HI/c1-5-8-17-13(20)7-9-18-14(16-6-2)19-10-11-21-15(3,4)12-19;/h5-12H2,1-4H3,(H,16,18)(H,17,20);1H. The minimum Gasteiger partial charge on any atom is -0.357 e. The van der Waals surface area contributed by atoms with Crippen molar-refractivity contribution in [3.8, 4) is 0 Å². The normalized spacial score (nSPS) is 17.6. The maximum absolute atomic E-state index is 11.6. The molecule has 1 rings (SSSR count). The van der Waals surface area contributed by atoms with Crippen LogP contribution in [0.15, 0.2) is 4.99 Å². The van der Waals surface area contributed by atoms with Crippen LogP contribution in [-0.4, -0.2) is 60.0 Å². The van der Waals surface area contributed by atoms with E-state index in [2.05, 4.69) is 48.2 Å². The van der Waals surface area contributed by atoms with Gasteiger partial charge in [-0.1, -0.05) is 6.92 Å². The van der Waals surface area contributed by atoms with Crippen LogP contribution in [0.25, 0.3) is 0 Å². The van der Waals surface area contributed by atoms with E-state index in [1.54, 1.807) is 0 Å². The number of guanidine groups is 1. The van der Waals surface area contributed by atoms with E-state index >= 15 is 0 Å². The Morgan fingerprint density at radius 2 is 2.05 bits per heavy atom. The van der Waals surface area contributed by atoms with E-state index in [9.17, 15) is 4.79 Å². The fourth-order valence-corrected chi connectivity index (χ4v) is 3.35. The van der Waals surface area contributed by atoms with Gasteiger partial charge in [0, 0.05) is 43.1 Å². The number of aliphatic imine (C=N–C) groups is 1. The summed E-state index contributed by atoms with van der Waals surface area (Å²) < 4.78 is 0.257. The highest BCUT2D eigenvalue weighted by molar-refractivity contribution is 14.0. The lowest BCUT2D eigenvalue weighted by Gasteiger charge is -2.39. The highest BCUT2D eigenvalue weighted by Gasteiger charge is 2.28. The average Bonchev–Trinajstić information content (AvgIpc) is 2.43. The Balaban J connectivity index is 0.00000441. The zero-order valence-electron chi connectivity index (χ0n) is 14.3. The first-order valence-electron chi connectivity index (χ1n) is 7.92. The summed E-state index contributed by atoms with van der Waals surface area (Å²) in [6.45, 7) is 12.8. The summed E-state index contributed by atoms with van der Waals surface area (Å²) >= 11 is 2.01. The second kappa shape index (κ2) is 11.4. The topological polar surface area (TPSA) is 56.7 Å². The number of nitrogens with zero attached hydrogens (tertiary/aromatic N) is 2. The van der Waals surface area contributed by atoms with Crippen molar-refractivity contribution in [1.29, 1.82) is 0 Å². The summed E-state index contributed by atoms with van der Waals surface area (Å²) in [7, 11) is 0. The molecule has 22 heavy (non-hydrogen) atoms. The summed E-state index contributed by atoms with van der Waals surface area (Å²) in [4.78, 5) is 18.5. The highest BCUT2D eigenvalue weighted by atomic mass is 127. The molecule has 0 aromatic heterocycles. The third-order valence-corrected chi connectivity index (χ3v) is 4.53. The van der Waals surface area contributed by atoms with E-state index in [-0.39, 0.29) is 34.6 Å². The molecule has 0 bridgehead atoms. The van der Waals surface area contributed by atoms with Crippen molar-refractivity contribution in [3.05, 3.63) is 0 Å². The SMILES string of the molecule is CCCNC(=O)CCN=C(NCC)N1CCSC(C)(C)C1.I. The quantitative estimate of drug-likeness (QED) is 0.377. The molecule has 0 atom stereocenters. The van der Waals surface area contributed by atoms with Crippen molar-refractivity contribution in [2.75, 3.05) is 38.5 Å². The zero-order valence-corrected chi connectivity index (χ0v) is 17.4. The Morgan fingerprint density at radius 1 is 1.32 bits per heavy atom. The fraction of sp³-hybridized carbons (Fsp3) is 0.867. The smallest absolute Gasteiger partial charge is 0.221 e. The molecule has 7 heteroatoms. The van der Waals surface area contributed by atoms with Crippen LogP contribution < -0.4 is 10.6 Å². The Bertz CT molecular complexity index is 363. The van der Waals surface area contributed by atoms with E-state index in [1.165, 1.54) is 0 Å². The summed E-state index contributed by atoms with van der Waals surface area (Å²) in [6.07, 6.45) is 1.43. The molecule has 130 valence electrons. The Kier molecular flexibility index (Phi) is 11.3. The van der Waals surface area contributed by atoms with Gasteiger partial charge < -0.3 is 15.5 Å². The number of thioether (sulfide) groups is 1. The minimum absolute atomic E-state index is 0. The molecule has 0 saturated carbocycles. The largest absolute Gasteiger partial charge is 0.357 e. The summed E-state index contributed by atoms with van der Waals surface area (Å²) in [6, 6.07) is 0. The molecule has 5 nitrogen and oxygen atoms in total. The van der Waals surface area contributed by atoms with Crippen LogP contribution in [0.5, 0.6) is 0 Å². The van der Waals surface area contributed by atoms with Gasteiger partial charge in [0.15, 0.2) is 5.96 Å². The highest BCUT2D eigenvalue weighted by Crippen LogP contribution is 2.29. The van der Waals surface area contributed by atoms with Crippen LogP contribution in [0.4, 0.5) is 0 Å². The summed E-state index contributed by atoms with van der Waals surface area (Å²) in [5, 5.41) is 6.23. The molecular weight excluding hydrogens is 411 g/mol. The van der Waals surface area contributed by atoms with Gasteiger partial charge in [-0.3, -0.25) is 9.79 Å². The zero-order chi connectivity index (χ0) is 15.7. The second-order valence-corrected chi connectivity index (χ2v) is 7.67. The van der Waals surface area contributed by atoms with Crippen molar-refractivity contribution in [2.24, 2.45) is 4.99 Å². The van der Waals surface area contributed by atoms with Gasteiger partial charge in [-0.25, -0.2) is 0 Å². The maximum Gasteiger partial charge on any atom is 0.221 e. The third kappa shape index (κ3) is 8.45. The van der Waals surface area contributed by atoms with Crippen LogP contribution in [0.3, 0.4) is 0 Å². The average molecular weight is 442 g/mol. The van der Waals surface area contributed by atoms with Crippen LogP contribution in [-0.2, 0) is 4.79 Å². The molecule has 1 saturated heterocycles. The Hall–Kier alpha value is -0.180. The first-order chi connectivity index (χ1) is 9.98. The van der Waals surface area contributed by atoms with Gasteiger partial charge in [0.25, 0.3) is 0 Å². The van der Waals surface area contributed by atoms with E-state index in [0.717, 1.165) is 44.3 Å².